The maximum absolute atomic E-state index is 13.3. The fourth-order valence-electron chi connectivity index (χ4n) is 4.07. The number of carbonyl (C=O) groups is 2. The topological polar surface area (TPSA) is 70.5 Å². The zero-order valence-corrected chi connectivity index (χ0v) is 19.6. The molecule has 7 nitrogen and oxygen atoms in total. The summed E-state index contributed by atoms with van der Waals surface area (Å²) in [5.74, 6) is 0.0460. The quantitative estimate of drug-likeness (QED) is 0.596. The summed E-state index contributed by atoms with van der Waals surface area (Å²) >= 11 is 6.02. The third kappa shape index (κ3) is 5.43. The van der Waals surface area contributed by atoms with Crippen LogP contribution in [0.2, 0.25) is 5.02 Å². The number of rotatable bonds is 6. The van der Waals surface area contributed by atoms with Gasteiger partial charge in [0.2, 0.25) is 5.91 Å². The molecular formula is C25H28ClN5O2. The van der Waals surface area contributed by atoms with E-state index in [-0.39, 0.29) is 17.7 Å². The highest BCUT2D eigenvalue weighted by Gasteiger charge is 2.28. The number of hydrogen-bond acceptors (Lipinski definition) is 4. The molecule has 2 aromatic carbocycles. The fraction of sp³-hybridized carbons (Fsp3) is 0.320. The van der Waals surface area contributed by atoms with Gasteiger partial charge in [0.15, 0.2) is 0 Å². The molecule has 0 atom stereocenters. The van der Waals surface area contributed by atoms with Crippen LogP contribution < -0.4 is 5.32 Å². The summed E-state index contributed by atoms with van der Waals surface area (Å²) in [5.41, 5.74) is 3.16. The van der Waals surface area contributed by atoms with Gasteiger partial charge in [-0.3, -0.25) is 14.5 Å². The fourth-order valence-corrected chi connectivity index (χ4v) is 4.20. The number of benzene rings is 2. The second kappa shape index (κ2) is 10.2. The SMILES string of the molecule is CC(C)c1c(C(=O)N2CCN(CC(=O)Nc3ccccc3)CC2)cnn1-c1ccc(Cl)cc1. The van der Waals surface area contributed by atoms with Crippen LogP contribution in [0.25, 0.3) is 5.69 Å². The van der Waals surface area contributed by atoms with Gasteiger partial charge in [-0.25, -0.2) is 4.68 Å². The van der Waals surface area contributed by atoms with Crippen molar-refractivity contribution >= 4 is 29.1 Å². The summed E-state index contributed by atoms with van der Waals surface area (Å²) in [4.78, 5) is 29.6. The van der Waals surface area contributed by atoms with Crippen LogP contribution in [-0.4, -0.2) is 64.1 Å². The third-order valence-corrected chi connectivity index (χ3v) is 5.99. The number of piperazine rings is 1. The molecule has 8 heteroatoms. The van der Waals surface area contributed by atoms with Crippen LogP contribution in [0.5, 0.6) is 0 Å². The molecule has 0 unspecified atom stereocenters. The minimum absolute atomic E-state index is 0.0210. The van der Waals surface area contributed by atoms with Gasteiger partial charge in [0.1, 0.15) is 0 Å². The summed E-state index contributed by atoms with van der Waals surface area (Å²) in [5, 5.41) is 8.08. The molecule has 1 aliphatic heterocycles. The van der Waals surface area contributed by atoms with Crippen molar-refractivity contribution in [1.29, 1.82) is 0 Å². The normalized spacial score (nSPS) is 14.5. The van der Waals surface area contributed by atoms with Crippen LogP contribution >= 0.6 is 11.6 Å². The van der Waals surface area contributed by atoms with Gasteiger partial charge >= 0.3 is 0 Å². The Balaban J connectivity index is 1.39. The van der Waals surface area contributed by atoms with Crippen molar-refractivity contribution in [3.05, 3.63) is 77.1 Å². The van der Waals surface area contributed by atoms with Gasteiger partial charge in [0, 0.05) is 36.9 Å². The standard InChI is InChI=1S/C25H28ClN5O2/c1-18(2)24-22(16-27-31(24)21-10-8-19(26)9-11-21)25(33)30-14-12-29(13-15-30)17-23(32)28-20-6-4-3-5-7-20/h3-11,16,18H,12-15,17H2,1-2H3,(H,28,32). The lowest BCUT2D eigenvalue weighted by atomic mass is 10.0. The lowest BCUT2D eigenvalue weighted by molar-refractivity contribution is -0.117. The van der Waals surface area contributed by atoms with E-state index in [0.29, 0.717) is 43.3 Å². The monoisotopic (exact) mass is 465 g/mol. The molecule has 2 amide bonds. The number of aromatic nitrogens is 2. The summed E-state index contributed by atoms with van der Waals surface area (Å²) in [6.07, 6.45) is 1.66. The lowest BCUT2D eigenvalue weighted by Crippen LogP contribution is -2.50. The Kier molecular flexibility index (Phi) is 7.11. The highest BCUT2D eigenvalue weighted by molar-refractivity contribution is 6.30. The van der Waals surface area contributed by atoms with Gasteiger partial charge < -0.3 is 10.2 Å². The van der Waals surface area contributed by atoms with Crippen LogP contribution in [-0.2, 0) is 4.79 Å². The van der Waals surface area contributed by atoms with E-state index in [4.69, 9.17) is 11.6 Å². The van der Waals surface area contributed by atoms with Crippen LogP contribution in [0.4, 0.5) is 5.69 Å². The highest BCUT2D eigenvalue weighted by Crippen LogP contribution is 2.25. The largest absolute Gasteiger partial charge is 0.336 e. The number of halogens is 1. The van der Waals surface area contributed by atoms with E-state index in [9.17, 15) is 9.59 Å². The number of nitrogens with zero attached hydrogens (tertiary/aromatic N) is 4. The maximum Gasteiger partial charge on any atom is 0.257 e. The van der Waals surface area contributed by atoms with Gasteiger partial charge in [-0.15, -0.1) is 0 Å². The Labute approximate surface area is 198 Å². The average molecular weight is 466 g/mol. The Morgan fingerprint density at radius 3 is 2.30 bits per heavy atom. The Morgan fingerprint density at radius 2 is 1.67 bits per heavy atom. The summed E-state index contributed by atoms with van der Waals surface area (Å²) in [6, 6.07) is 16.9. The molecule has 1 aliphatic rings. The minimum atomic E-state index is -0.0488. The Morgan fingerprint density at radius 1 is 1.00 bits per heavy atom. The van der Waals surface area contributed by atoms with Crippen molar-refractivity contribution < 1.29 is 9.59 Å². The van der Waals surface area contributed by atoms with Gasteiger partial charge in [-0.1, -0.05) is 43.6 Å². The van der Waals surface area contributed by atoms with Crippen LogP contribution in [0.15, 0.2) is 60.8 Å². The van der Waals surface area contributed by atoms with Crippen LogP contribution in [0.1, 0.15) is 35.8 Å². The minimum Gasteiger partial charge on any atom is -0.336 e. The first-order valence-electron chi connectivity index (χ1n) is 11.1. The van der Waals surface area contributed by atoms with E-state index in [0.717, 1.165) is 17.1 Å². The van der Waals surface area contributed by atoms with E-state index < -0.39 is 0 Å². The molecule has 1 saturated heterocycles. The van der Waals surface area contributed by atoms with Crippen LogP contribution in [0, 0.1) is 0 Å². The van der Waals surface area contributed by atoms with Crippen molar-refractivity contribution in [2.45, 2.75) is 19.8 Å². The van der Waals surface area contributed by atoms with E-state index in [2.05, 4.69) is 29.2 Å². The molecule has 2 heterocycles. The molecular weight excluding hydrogens is 438 g/mol. The molecule has 3 aromatic rings. The number of hydrogen-bond donors (Lipinski definition) is 1. The smallest absolute Gasteiger partial charge is 0.257 e. The van der Waals surface area contributed by atoms with Gasteiger partial charge in [-0.05, 0) is 42.3 Å². The molecule has 1 N–H and O–H groups in total. The predicted octanol–water partition coefficient (Wildman–Crippen LogP) is 4.05. The van der Waals surface area contributed by atoms with Gasteiger partial charge in [0.05, 0.1) is 29.7 Å². The second-order valence-corrected chi connectivity index (χ2v) is 8.91. The average Bonchev–Trinajstić information content (AvgIpc) is 3.26. The van der Waals surface area contributed by atoms with Crippen molar-refractivity contribution in [1.82, 2.24) is 19.6 Å². The number of anilines is 1. The van der Waals surface area contributed by atoms with Crippen molar-refractivity contribution in [3.8, 4) is 5.69 Å². The first-order chi connectivity index (χ1) is 15.9. The van der Waals surface area contributed by atoms with E-state index in [1.165, 1.54) is 0 Å². The van der Waals surface area contributed by atoms with Crippen molar-refractivity contribution in [2.75, 3.05) is 38.0 Å². The summed E-state index contributed by atoms with van der Waals surface area (Å²) < 4.78 is 1.82. The van der Waals surface area contributed by atoms with Crippen molar-refractivity contribution in [2.24, 2.45) is 0 Å². The van der Waals surface area contributed by atoms with E-state index in [1.54, 1.807) is 6.20 Å². The lowest BCUT2D eigenvalue weighted by Gasteiger charge is -2.34. The first kappa shape index (κ1) is 23.0. The molecule has 0 aliphatic carbocycles. The molecule has 1 fully saturated rings. The maximum atomic E-state index is 13.3. The van der Waals surface area contributed by atoms with E-state index in [1.807, 2.05) is 64.2 Å². The van der Waals surface area contributed by atoms with Crippen LogP contribution in [0.3, 0.4) is 0 Å². The van der Waals surface area contributed by atoms with E-state index >= 15 is 0 Å². The summed E-state index contributed by atoms with van der Waals surface area (Å²) in [6.45, 7) is 6.87. The zero-order chi connectivity index (χ0) is 23.4. The first-order valence-corrected chi connectivity index (χ1v) is 11.5. The Bertz CT molecular complexity index is 1100. The molecule has 0 spiro atoms. The zero-order valence-electron chi connectivity index (χ0n) is 18.9. The molecule has 0 bridgehead atoms. The third-order valence-electron chi connectivity index (χ3n) is 5.74. The molecule has 0 saturated carbocycles. The highest BCUT2D eigenvalue weighted by atomic mass is 35.5. The molecule has 4 rings (SSSR count). The number of para-hydroxylation sites is 1. The van der Waals surface area contributed by atoms with Gasteiger partial charge in [-0.2, -0.15) is 5.10 Å². The number of nitrogens with one attached hydrogen (secondary N) is 1. The van der Waals surface area contributed by atoms with Gasteiger partial charge in [0.25, 0.3) is 5.91 Å². The van der Waals surface area contributed by atoms with Crippen molar-refractivity contribution in [3.63, 3.8) is 0 Å². The molecule has 1 aromatic heterocycles. The predicted molar refractivity (Wildman–Crippen MR) is 130 cm³/mol. The second-order valence-electron chi connectivity index (χ2n) is 8.47. The number of carbonyl (C=O) groups excluding carboxylic acids is 2. The summed E-state index contributed by atoms with van der Waals surface area (Å²) in [7, 11) is 0. The molecule has 172 valence electrons. The Hall–Kier alpha value is -3.16. The molecule has 33 heavy (non-hydrogen) atoms. The molecule has 0 radical (unpaired) electrons. The number of amides is 2.